The fraction of sp³-hybridized carbons (Fsp3) is 0.320. The Morgan fingerprint density at radius 1 is 1.22 bits per heavy atom. The molecule has 164 valence electrons. The van der Waals surface area contributed by atoms with Crippen molar-refractivity contribution in [2.45, 2.75) is 51.4 Å². The van der Waals surface area contributed by atoms with Crippen LogP contribution in [0.2, 0.25) is 0 Å². The van der Waals surface area contributed by atoms with Crippen LogP contribution in [0.25, 0.3) is 11.5 Å². The Hall–Kier alpha value is -3.50. The van der Waals surface area contributed by atoms with Gasteiger partial charge in [0.05, 0.1) is 29.9 Å². The van der Waals surface area contributed by atoms with Crippen molar-refractivity contribution in [3.05, 3.63) is 76.9 Å². The van der Waals surface area contributed by atoms with Gasteiger partial charge in [-0.1, -0.05) is 6.07 Å². The number of nitriles is 1. The van der Waals surface area contributed by atoms with E-state index in [0.717, 1.165) is 19.3 Å². The van der Waals surface area contributed by atoms with Gasteiger partial charge in [0, 0.05) is 12.0 Å². The van der Waals surface area contributed by atoms with Gasteiger partial charge in [0.1, 0.15) is 23.4 Å². The quantitative estimate of drug-likeness (QED) is 0.487. The van der Waals surface area contributed by atoms with E-state index < -0.39 is 5.97 Å². The highest BCUT2D eigenvalue weighted by Crippen LogP contribution is 2.27. The first-order valence-corrected chi connectivity index (χ1v) is 10.6. The van der Waals surface area contributed by atoms with Gasteiger partial charge in [0.15, 0.2) is 0 Å². The molecule has 0 amide bonds. The topological polar surface area (TPSA) is 85.4 Å². The SMILES string of the molecule is Cc1oc(-c2ccc(F)cc2)nc1CO[C@@H]1CCC[C@H](OC(=O)c2cccc(C#N)c2)C1. The molecule has 3 aromatic rings. The molecule has 32 heavy (non-hydrogen) atoms. The normalized spacial score (nSPS) is 18.2. The Kier molecular flexibility index (Phi) is 6.62. The van der Waals surface area contributed by atoms with Gasteiger partial charge < -0.3 is 13.9 Å². The second kappa shape index (κ2) is 9.75. The Morgan fingerprint density at radius 3 is 2.78 bits per heavy atom. The maximum atomic E-state index is 13.1. The smallest absolute Gasteiger partial charge is 0.338 e. The summed E-state index contributed by atoms with van der Waals surface area (Å²) in [4.78, 5) is 16.9. The molecule has 1 fully saturated rings. The monoisotopic (exact) mass is 434 g/mol. The van der Waals surface area contributed by atoms with Crippen molar-refractivity contribution < 1.29 is 23.1 Å². The number of benzene rings is 2. The van der Waals surface area contributed by atoms with Crippen LogP contribution in [-0.2, 0) is 16.1 Å². The van der Waals surface area contributed by atoms with Crippen LogP contribution >= 0.6 is 0 Å². The number of esters is 1. The minimum absolute atomic E-state index is 0.0580. The fourth-order valence-electron chi connectivity index (χ4n) is 3.77. The first-order chi connectivity index (χ1) is 15.5. The summed E-state index contributed by atoms with van der Waals surface area (Å²) in [5.41, 5.74) is 2.19. The van der Waals surface area contributed by atoms with Crippen LogP contribution < -0.4 is 0 Å². The first kappa shape index (κ1) is 21.7. The summed E-state index contributed by atoms with van der Waals surface area (Å²) in [6.07, 6.45) is 2.85. The molecule has 0 aliphatic heterocycles. The molecule has 4 rings (SSSR count). The molecule has 7 heteroatoms. The Morgan fingerprint density at radius 2 is 2.00 bits per heavy atom. The molecule has 1 aliphatic rings. The average Bonchev–Trinajstić information content (AvgIpc) is 3.19. The number of hydrogen-bond acceptors (Lipinski definition) is 6. The predicted octanol–water partition coefficient (Wildman–Crippen LogP) is 5.35. The molecule has 1 aromatic heterocycles. The summed E-state index contributed by atoms with van der Waals surface area (Å²) in [7, 11) is 0. The minimum atomic E-state index is -0.427. The Balaban J connectivity index is 1.33. The molecule has 0 unspecified atom stereocenters. The highest BCUT2D eigenvalue weighted by atomic mass is 19.1. The lowest BCUT2D eigenvalue weighted by molar-refractivity contribution is -0.0368. The Labute approximate surface area is 185 Å². The molecule has 0 spiro atoms. The van der Waals surface area contributed by atoms with Crippen LogP contribution in [-0.4, -0.2) is 23.2 Å². The summed E-state index contributed by atoms with van der Waals surface area (Å²) < 4.78 is 30.6. The van der Waals surface area contributed by atoms with Gasteiger partial charge in [-0.05, 0) is 68.7 Å². The number of carbonyl (C=O) groups excluding carboxylic acids is 1. The summed E-state index contributed by atoms with van der Waals surface area (Å²) in [5.74, 6) is 0.339. The van der Waals surface area contributed by atoms with Gasteiger partial charge in [-0.3, -0.25) is 0 Å². The zero-order valence-electron chi connectivity index (χ0n) is 17.7. The predicted molar refractivity (Wildman–Crippen MR) is 114 cm³/mol. The van der Waals surface area contributed by atoms with E-state index in [4.69, 9.17) is 19.2 Å². The van der Waals surface area contributed by atoms with Gasteiger partial charge in [-0.2, -0.15) is 5.26 Å². The highest BCUT2D eigenvalue weighted by molar-refractivity contribution is 5.89. The third-order valence-corrected chi connectivity index (χ3v) is 5.52. The molecule has 1 saturated carbocycles. The zero-order valence-corrected chi connectivity index (χ0v) is 17.7. The van der Waals surface area contributed by atoms with Crippen molar-refractivity contribution in [3.63, 3.8) is 0 Å². The molecule has 2 atom stereocenters. The molecule has 0 N–H and O–H groups in total. The van der Waals surface area contributed by atoms with Crippen molar-refractivity contribution in [2.24, 2.45) is 0 Å². The molecule has 0 radical (unpaired) electrons. The number of aromatic nitrogens is 1. The lowest BCUT2D eigenvalue weighted by atomic mass is 9.94. The van der Waals surface area contributed by atoms with E-state index >= 15 is 0 Å². The van der Waals surface area contributed by atoms with E-state index in [-0.39, 0.29) is 24.6 Å². The van der Waals surface area contributed by atoms with E-state index in [1.807, 2.05) is 13.0 Å². The van der Waals surface area contributed by atoms with E-state index in [2.05, 4.69) is 4.98 Å². The van der Waals surface area contributed by atoms with Crippen molar-refractivity contribution in [1.82, 2.24) is 4.98 Å². The van der Waals surface area contributed by atoms with E-state index in [1.165, 1.54) is 18.2 Å². The summed E-state index contributed by atoms with van der Waals surface area (Å²) in [5, 5.41) is 9.00. The van der Waals surface area contributed by atoms with Crippen molar-refractivity contribution in [2.75, 3.05) is 0 Å². The summed E-state index contributed by atoms with van der Waals surface area (Å²) in [6, 6.07) is 14.5. The number of rotatable bonds is 6. The Bertz CT molecular complexity index is 1130. The maximum absolute atomic E-state index is 13.1. The fourth-order valence-corrected chi connectivity index (χ4v) is 3.77. The molecule has 2 aromatic carbocycles. The van der Waals surface area contributed by atoms with Crippen molar-refractivity contribution in [1.29, 1.82) is 5.26 Å². The van der Waals surface area contributed by atoms with Gasteiger partial charge in [0.2, 0.25) is 5.89 Å². The van der Waals surface area contributed by atoms with Crippen molar-refractivity contribution in [3.8, 4) is 17.5 Å². The number of aryl methyl sites for hydroxylation is 1. The van der Waals surface area contributed by atoms with E-state index in [0.29, 0.717) is 40.5 Å². The lowest BCUT2D eigenvalue weighted by Crippen LogP contribution is -2.30. The maximum Gasteiger partial charge on any atom is 0.338 e. The number of oxazole rings is 1. The summed E-state index contributed by atoms with van der Waals surface area (Å²) in [6.45, 7) is 2.10. The zero-order chi connectivity index (χ0) is 22.5. The number of nitrogens with zero attached hydrogens (tertiary/aromatic N) is 2. The number of halogens is 1. The lowest BCUT2D eigenvalue weighted by Gasteiger charge is -2.28. The van der Waals surface area contributed by atoms with Gasteiger partial charge >= 0.3 is 5.97 Å². The van der Waals surface area contributed by atoms with Gasteiger partial charge in [-0.15, -0.1) is 0 Å². The van der Waals surface area contributed by atoms with Crippen LogP contribution in [0.5, 0.6) is 0 Å². The van der Waals surface area contributed by atoms with Crippen LogP contribution in [0.3, 0.4) is 0 Å². The van der Waals surface area contributed by atoms with Crippen molar-refractivity contribution >= 4 is 5.97 Å². The molecule has 0 bridgehead atoms. The molecular weight excluding hydrogens is 411 g/mol. The molecule has 0 saturated heterocycles. The number of carbonyl (C=O) groups is 1. The minimum Gasteiger partial charge on any atom is -0.459 e. The van der Waals surface area contributed by atoms with E-state index in [1.54, 1.807) is 30.3 Å². The van der Waals surface area contributed by atoms with Gasteiger partial charge in [-0.25, -0.2) is 14.2 Å². The molecular formula is C25H23FN2O4. The first-order valence-electron chi connectivity index (χ1n) is 10.6. The van der Waals surface area contributed by atoms with Crippen LogP contribution in [0.15, 0.2) is 52.9 Å². The second-order valence-electron chi connectivity index (χ2n) is 7.85. The third-order valence-electron chi connectivity index (χ3n) is 5.52. The standard InChI is InChI=1S/C25H23FN2O4/c1-16-23(28-24(31-16)18-8-10-20(26)11-9-18)15-30-21-6-3-7-22(13-21)32-25(29)19-5-2-4-17(12-19)14-27/h2,4-5,8-12,21-22H,3,6-7,13,15H2,1H3/t21-,22+/m1/s1. The van der Waals surface area contributed by atoms with Crippen LogP contribution in [0, 0.1) is 24.1 Å². The highest BCUT2D eigenvalue weighted by Gasteiger charge is 2.26. The average molecular weight is 434 g/mol. The molecule has 6 nitrogen and oxygen atoms in total. The van der Waals surface area contributed by atoms with E-state index in [9.17, 15) is 9.18 Å². The second-order valence-corrected chi connectivity index (χ2v) is 7.85. The molecule has 1 heterocycles. The number of ether oxygens (including phenoxy) is 2. The largest absolute Gasteiger partial charge is 0.459 e. The molecule has 1 aliphatic carbocycles. The van der Waals surface area contributed by atoms with Crippen LogP contribution in [0.1, 0.15) is 53.1 Å². The number of hydrogen-bond donors (Lipinski definition) is 0. The third kappa shape index (κ3) is 5.21. The summed E-state index contributed by atoms with van der Waals surface area (Å²) >= 11 is 0. The van der Waals surface area contributed by atoms with Crippen LogP contribution in [0.4, 0.5) is 4.39 Å². The van der Waals surface area contributed by atoms with Gasteiger partial charge in [0.25, 0.3) is 0 Å².